The molecule has 108 valence electrons. The highest BCUT2D eigenvalue weighted by Gasteiger charge is 2.28. The maximum atomic E-state index is 13.7. The van der Waals surface area contributed by atoms with Gasteiger partial charge in [0.05, 0.1) is 34.5 Å². The third-order valence-corrected chi connectivity index (χ3v) is 2.92. The van der Waals surface area contributed by atoms with E-state index in [4.69, 9.17) is 16.9 Å². The van der Waals surface area contributed by atoms with Gasteiger partial charge in [-0.25, -0.2) is 26.9 Å². The first kappa shape index (κ1) is 15.2. The summed E-state index contributed by atoms with van der Waals surface area (Å²) in [6.07, 6.45) is -0.209. The molecule has 0 aliphatic rings. The Morgan fingerprint density at radius 1 is 0.952 bits per heavy atom. The van der Waals surface area contributed by atoms with E-state index in [0.717, 1.165) is 6.07 Å². The van der Waals surface area contributed by atoms with Gasteiger partial charge in [-0.3, -0.25) is 0 Å². The van der Waals surface area contributed by atoms with Gasteiger partial charge < -0.3 is 0 Å². The summed E-state index contributed by atoms with van der Waals surface area (Å²) in [6.45, 7) is 0. The lowest BCUT2D eigenvalue weighted by atomic mass is 10.1. The van der Waals surface area contributed by atoms with Crippen LogP contribution in [0.5, 0.6) is 0 Å². The summed E-state index contributed by atoms with van der Waals surface area (Å²) in [5, 5.41) is 8.24. The van der Waals surface area contributed by atoms with E-state index in [0.29, 0.717) is 0 Å². The number of aromatic nitrogens is 1. The minimum Gasteiger partial charge on any atom is -0.250 e. The molecule has 0 N–H and O–H groups in total. The van der Waals surface area contributed by atoms with Crippen LogP contribution < -0.4 is 0 Å². The molecule has 21 heavy (non-hydrogen) atoms. The van der Waals surface area contributed by atoms with E-state index >= 15 is 0 Å². The fraction of sp³-hybridized carbons (Fsp3) is 0.0769. The molecule has 0 saturated carbocycles. The van der Waals surface area contributed by atoms with Crippen LogP contribution in [0.4, 0.5) is 22.0 Å². The first-order valence-corrected chi connectivity index (χ1v) is 5.80. The van der Waals surface area contributed by atoms with E-state index in [9.17, 15) is 22.0 Å². The van der Waals surface area contributed by atoms with Crippen molar-refractivity contribution in [2.24, 2.45) is 0 Å². The van der Waals surface area contributed by atoms with Crippen molar-refractivity contribution in [3.05, 3.63) is 51.9 Å². The zero-order valence-electron chi connectivity index (χ0n) is 10.0. The Labute approximate surface area is 120 Å². The molecular formula is C13H4ClF5N2. The second kappa shape index (κ2) is 5.66. The summed E-state index contributed by atoms with van der Waals surface area (Å²) in [6, 6.07) is 4.21. The minimum atomic E-state index is -2.27. The molecule has 0 atom stereocenters. The zero-order chi connectivity index (χ0) is 15.7. The van der Waals surface area contributed by atoms with Crippen molar-refractivity contribution < 1.29 is 22.0 Å². The van der Waals surface area contributed by atoms with Crippen molar-refractivity contribution in [2.45, 2.75) is 6.42 Å². The van der Waals surface area contributed by atoms with Gasteiger partial charge in [0.1, 0.15) is 0 Å². The van der Waals surface area contributed by atoms with Gasteiger partial charge in [0.2, 0.25) is 5.82 Å². The van der Waals surface area contributed by atoms with Crippen LogP contribution in [0.2, 0.25) is 5.02 Å². The van der Waals surface area contributed by atoms with Crippen LogP contribution in [0.3, 0.4) is 0 Å². The van der Waals surface area contributed by atoms with Gasteiger partial charge in [-0.1, -0.05) is 11.6 Å². The Hall–Kier alpha value is -2.20. The number of pyridine rings is 1. The normalized spacial score (nSPS) is 10.5. The van der Waals surface area contributed by atoms with Crippen LogP contribution in [0, 0.1) is 40.4 Å². The van der Waals surface area contributed by atoms with E-state index in [-0.39, 0.29) is 17.1 Å². The predicted octanol–water partition coefficient (Wildman–Crippen LogP) is 4.16. The Morgan fingerprint density at radius 2 is 1.48 bits per heavy atom. The maximum absolute atomic E-state index is 13.7. The number of benzene rings is 1. The summed E-state index contributed by atoms with van der Waals surface area (Å²) >= 11 is 5.70. The molecular weight excluding hydrogens is 315 g/mol. The smallest absolute Gasteiger partial charge is 0.200 e. The van der Waals surface area contributed by atoms with Gasteiger partial charge in [-0.05, 0) is 12.1 Å². The Kier molecular flexibility index (Phi) is 4.09. The second-order valence-corrected chi connectivity index (χ2v) is 4.32. The Morgan fingerprint density at radius 3 is 2.00 bits per heavy atom. The summed E-state index contributed by atoms with van der Waals surface area (Å²) in [7, 11) is 0. The molecule has 0 saturated heterocycles. The molecule has 0 unspecified atom stereocenters. The molecule has 0 fully saturated rings. The molecule has 0 spiro atoms. The molecule has 1 aromatic carbocycles. The molecule has 2 nitrogen and oxygen atoms in total. The first-order valence-electron chi connectivity index (χ1n) is 5.42. The first-order chi connectivity index (χ1) is 9.88. The molecule has 2 rings (SSSR count). The minimum absolute atomic E-state index is 0.0841. The fourth-order valence-electron chi connectivity index (χ4n) is 1.65. The van der Waals surface area contributed by atoms with Crippen molar-refractivity contribution >= 4 is 11.6 Å². The third kappa shape index (κ3) is 2.54. The van der Waals surface area contributed by atoms with Crippen LogP contribution in [0.25, 0.3) is 11.3 Å². The van der Waals surface area contributed by atoms with Gasteiger partial charge >= 0.3 is 0 Å². The van der Waals surface area contributed by atoms with Crippen molar-refractivity contribution in [3.63, 3.8) is 0 Å². The van der Waals surface area contributed by atoms with E-state index in [1.807, 2.05) is 0 Å². The van der Waals surface area contributed by atoms with Crippen molar-refractivity contribution in [1.82, 2.24) is 4.98 Å². The lowest BCUT2D eigenvalue weighted by Gasteiger charge is -2.10. The van der Waals surface area contributed by atoms with Crippen LogP contribution in [0.15, 0.2) is 12.1 Å². The van der Waals surface area contributed by atoms with E-state index in [2.05, 4.69) is 4.98 Å². The largest absolute Gasteiger partial charge is 0.250 e. The summed E-state index contributed by atoms with van der Waals surface area (Å²) in [5.74, 6) is -10.5. The number of hydrogen-bond donors (Lipinski definition) is 0. The van der Waals surface area contributed by atoms with Gasteiger partial charge in [0.25, 0.3) is 0 Å². The molecule has 0 aliphatic carbocycles. The van der Waals surface area contributed by atoms with Gasteiger partial charge in [-0.15, -0.1) is 0 Å². The highest BCUT2D eigenvalue weighted by atomic mass is 35.5. The predicted molar refractivity (Wildman–Crippen MR) is 63.8 cm³/mol. The summed E-state index contributed by atoms with van der Waals surface area (Å²) in [5.41, 5.74) is -1.76. The number of nitriles is 1. The van der Waals surface area contributed by atoms with Crippen molar-refractivity contribution in [1.29, 1.82) is 5.26 Å². The average Bonchev–Trinajstić information content (AvgIpc) is 2.47. The lowest BCUT2D eigenvalue weighted by molar-refractivity contribution is 0.381. The van der Waals surface area contributed by atoms with Crippen LogP contribution in [-0.2, 0) is 6.42 Å². The van der Waals surface area contributed by atoms with Gasteiger partial charge in [-0.2, -0.15) is 5.26 Å². The lowest BCUT2D eigenvalue weighted by Crippen LogP contribution is -2.06. The SMILES string of the molecule is N#CCc1ccc(Cl)c(-c2c(F)c(F)c(F)c(F)c2F)n1. The number of hydrogen-bond acceptors (Lipinski definition) is 2. The zero-order valence-corrected chi connectivity index (χ0v) is 10.8. The maximum Gasteiger partial charge on any atom is 0.200 e. The summed E-state index contributed by atoms with van der Waals surface area (Å²) < 4.78 is 66.8. The highest BCUT2D eigenvalue weighted by molar-refractivity contribution is 6.33. The van der Waals surface area contributed by atoms with Gasteiger partial charge in [0.15, 0.2) is 23.3 Å². The molecule has 0 aliphatic heterocycles. The van der Waals surface area contributed by atoms with E-state index in [1.165, 1.54) is 6.07 Å². The highest BCUT2D eigenvalue weighted by Crippen LogP contribution is 2.34. The Bertz CT molecular complexity index is 741. The quantitative estimate of drug-likeness (QED) is 0.473. The number of nitrogens with zero attached hydrogens (tertiary/aromatic N) is 2. The third-order valence-electron chi connectivity index (χ3n) is 2.61. The molecule has 0 bridgehead atoms. The van der Waals surface area contributed by atoms with Crippen molar-refractivity contribution in [2.75, 3.05) is 0 Å². The number of rotatable bonds is 2. The molecule has 0 amide bonds. The van der Waals surface area contributed by atoms with Crippen LogP contribution >= 0.6 is 11.6 Å². The van der Waals surface area contributed by atoms with E-state index < -0.39 is 40.3 Å². The van der Waals surface area contributed by atoms with Crippen LogP contribution in [0.1, 0.15) is 5.69 Å². The van der Waals surface area contributed by atoms with E-state index in [1.54, 1.807) is 6.07 Å². The standard InChI is InChI=1S/C13H4ClF5N2/c14-6-2-1-5(3-4-20)21-13(6)7-8(15)10(17)12(19)11(18)9(7)16/h1-2H,3H2. The molecule has 2 aromatic rings. The van der Waals surface area contributed by atoms with Crippen LogP contribution in [-0.4, -0.2) is 4.98 Å². The molecule has 1 aromatic heterocycles. The van der Waals surface area contributed by atoms with Crippen molar-refractivity contribution in [3.8, 4) is 17.3 Å². The Balaban J connectivity index is 2.79. The molecule has 1 heterocycles. The summed E-state index contributed by atoms with van der Waals surface area (Å²) in [4.78, 5) is 3.68. The second-order valence-electron chi connectivity index (χ2n) is 3.91. The fourth-order valence-corrected chi connectivity index (χ4v) is 1.85. The van der Waals surface area contributed by atoms with Gasteiger partial charge in [0, 0.05) is 0 Å². The monoisotopic (exact) mass is 318 g/mol. The molecule has 8 heteroatoms. The average molecular weight is 319 g/mol. The molecule has 0 radical (unpaired) electrons. The number of halogens is 6. The topological polar surface area (TPSA) is 36.7 Å².